The van der Waals surface area contributed by atoms with Crippen LogP contribution in [0.2, 0.25) is 0 Å². The van der Waals surface area contributed by atoms with Crippen LogP contribution in [0.3, 0.4) is 0 Å². The molecule has 0 amide bonds. The van der Waals surface area contributed by atoms with Crippen molar-refractivity contribution in [3.05, 3.63) is 39.4 Å². The van der Waals surface area contributed by atoms with Gasteiger partial charge in [-0.1, -0.05) is 12.1 Å². The maximum Gasteiger partial charge on any atom is 0.308 e. The first kappa shape index (κ1) is 16.4. The summed E-state index contributed by atoms with van der Waals surface area (Å²) in [5.41, 5.74) is -0.226. The van der Waals surface area contributed by atoms with Crippen molar-refractivity contribution < 1.29 is 25.0 Å². The Hall–Kier alpha value is -1.70. The predicted octanol–water partition coefficient (Wildman–Crippen LogP) is 1.25. The van der Waals surface area contributed by atoms with Gasteiger partial charge in [-0.05, 0) is 12.0 Å². The van der Waals surface area contributed by atoms with Gasteiger partial charge < -0.3 is 15.3 Å². The number of alkyl halides is 1. The summed E-state index contributed by atoms with van der Waals surface area (Å²) in [6, 6.07) is 3.69. The van der Waals surface area contributed by atoms with Crippen LogP contribution in [0.15, 0.2) is 18.2 Å². The average molecular weight is 304 g/mol. The van der Waals surface area contributed by atoms with Crippen LogP contribution in [0.25, 0.3) is 0 Å². The second kappa shape index (κ2) is 7.18. The van der Waals surface area contributed by atoms with Gasteiger partial charge in [-0.15, -0.1) is 11.6 Å². The van der Waals surface area contributed by atoms with Crippen LogP contribution in [0.1, 0.15) is 23.7 Å². The fraction of sp³-hybridized carbons (Fsp3) is 0.417. The number of nitro groups is 1. The molecule has 0 bridgehead atoms. The van der Waals surface area contributed by atoms with Gasteiger partial charge in [0.2, 0.25) is 0 Å². The van der Waals surface area contributed by atoms with Crippen LogP contribution in [-0.2, 0) is 11.2 Å². The molecular weight excluding hydrogens is 290 g/mol. The fourth-order valence-corrected chi connectivity index (χ4v) is 1.96. The van der Waals surface area contributed by atoms with Crippen LogP contribution in [0.5, 0.6) is 0 Å². The summed E-state index contributed by atoms with van der Waals surface area (Å²) in [5, 5.41) is 39.1. The van der Waals surface area contributed by atoms with E-state index in [0.717, 1.165) is 6.07 Å². The predicted molar refractivity (Wildman–Crippen MR) is 70.7 cm³/mol. The molecule has 0 fully saturated rings. The van der Waals surface area contributed by atoms with Crippen molar-refractivity contribution in [3.8, 4) is 0 Å². The van der Waals surface area contributed by atoms with E-state index < -0.39 is 35.2 Å². The van der Waals surface area contributed by atoms with Gasteiger partial charge in [0.25, 0.3) is 5.69 Å². The molecule has 7 nitrogen and oxygen atoms in total. The van der Waals surface area contributed by atoms with Crippen molar-refractivity contribution in [2.75, 3.05) is 5.88 Å². The molecule has 0 aliphatic carbocycles. The minimum Gasteiger partial charge on any atom is -0.481 e. The number of halogens is 1. The van der Waals surface area contributed by atoms with Crippen LogP contribution in [0.4, 0.5) is 5.69 Å². The molecule has 0 radical (unpaired) electrons. The number of nitrogens with zero attached hydrogens (tertiary/aromatic N) is 1. The fourth-order valence-electron chi connectivity index (χ4n) is 1.74. The van der Waals surface area contributed by atoms with Crippen molar-refractivity contribution in [3.63, 3.8) is 0 Å². The summed E-state index contributed by atoms with van der Waals surface area (Å²) in [7, 11) is 0. The quantitative estimate of drug-likeness (QED) is 0.396. The number of carboxylic acid groups (broad SMARTS) is 1. The molecule has 8 heteroatoms. The van der Waals surface area contributed by atoms with E-state index in [2.05, 4.69) is 0 Å². The summed E-state index contributed by atoms with van der Waals surface area (Å²) in [5.74, 6) is -1.05. The van der Waals surface area contributed by atoms with E-state index in [1.165, 1.54) is 12.1 Å². The maximum absolute atomic E-state index is 10.9. The molecule has 0 aliphatic rings. The Morgan fingerprint density at radius 2 is 2.05 bits per heavy atom. The number of hydrogen-bond donors (Lipinski definition) is 3. The number of nitro benzene ring substituents is 1. The summed E-state index contributed by atoms with van der Waals surface area (Å²) >= 11 is 5.45. The van der Waals surface area contributed by atoms with Crippen LogP contribution in [0, 0.1) is 10.1 Å². The van der Waals surface area contributed by atoms with Crippen LogP contribution < -0.4 is 0 Å². The average Bonchev–Trinajstić information content (AvgIpc) is 2.37. The number of rotatable bonds is 7. The summed E-state index contributed by atoms with van der Waals surface area (Å²) < 4.78 is 0. The Labute approximate surface area is 119 Å². The highest BCUT2D eigenvalue weighted by Crippen LogP contribution is 2.27. The standard InChI is InChI=1S/C12H14ClNO6/c13-4-3-10(15)12(18)8-2-1-7(6-11(16)17)9(5-8)14(19)20/h1-2,5,10,12,15,18H,3-4,6H2,(H,16,17). The SMILES string of the molecule is O=C(O)Cc1ccc(C(O)C(O)CCCl)cc1[N+](=O)[O-]. The van der Waals surface area contributed by atoms with Gasteiger partial charge in [0.1, 0.15) is 6.10 Å². The molecule has 3 N–H and O–H groups in total. The molecule has 1 aromatic carbocycles. The summed E-state index contributed by atoms with van der Waals surface area (Å²) in [6.07, 6.45) is -2.81. The van der Waals surface area contributed by atoms with Crippen molar-refractivity contribution in [2.24, 2.45) is 0 Å². The number of carboxylic acids is 1. The molecule has 2 unspecified atom stereocenters. The number of benzene rings is 1. The number of aliphatic carboxylic acids is 1. The highest BCUT2D eigenvalue weighted by molar-refractivity contribution is 6.17. The minimum absolute atomic E-state index is 0.0327. The zero-order valence-corrected chi connectivity index (χ0v) is 11.2. The number of carbonyl (C=O) groups is 1. The normalized spacial score (nSPS) is 13.8. The van der Waals surface area contributed by atoms with Gasteiger partial charge in [0.15, 0.2) is 0 Å². The third kappa shape index (κ3) is 4.16. The van der Waals surface area contributed by atoms with Crippen molar-refractivity contribution in [1.82, 2.24) is 0 Å². The van der Waals surface area contributed by atoms with E-state index in [-0.39, 0.29) is 23.4 Å². The zero-order valence-electron chi connectivity index (χ0n) is 10.4. The lowest BCUT2D eigenvalue weighted by Crippen LogP contribution is -2.19. The third-order valence-electron chi connectivity index (χ3n) is 2.76. The van der Waals surface area contributed by atoms with E-state index in [4.69, 9.17) is 16.7 Å². The van der Waals surface area contributed by atoms with Gasteiger partial charge >= 0.3 is 5.97 Å². The third-order valence-corrected chi connectivity index (χ3v) is 2.98. The lowest BCUT2D eigenvalue weighted by Gasteiger charge is -2.17. The van der Waals surface area contributed by atoms with Crippen molar-refractivity contribution in [1.29, 1.82) is 0 Å². The molecule has 110 valence electrons. The molecule has 1 aromatic rings. The first-order chi connectivity index (χ1) is 9.36. The molecule has 2 atom stereocenters. The number of hydrogen-bond acceptors (Lipinski definition) is 5. The topological polar surface area (TPSA) is 121 Å². The molecule has 0 saturated carbocycles. The van der Waals surface area contributed by atoms with E-state index in [1.54, 1.807) is 0 Å². The Kier molecular flexibility index (Phi) is 5.87. The van der Waals surface area contributed by atoms with Gasteiger partial charge in [0.05, 0.1) is 17.4 Å². The molecule has 20 heavy (non-hydrogen) atoms. The van der Waals surface area contributed by atoms with E-state index >= 15 is 0 Å². The molecular formula is C12H14ClNO6. The highest BCUT2D eigenvalue weighted by atomic mass is 35.5. The van der Waals surface area contributed by atoms with Gasteiger partial charge in [-0.25, -0.2) is 0 Å². The second-order valence-electron chi connectivity index (χ2n) is 4.21. The van der Waals surface area contributed by atoms with Gasteiger partial charge in [-0.3, -0.25) is 14.9 Å². The first-order valence-corrected chi connectivity index (χ1v) is 6.31. The van der Waals surface area contributed by atoms with E-state index in [9.17, 15) is 25.1 Å². The highest BCUT2D eigenvalue weighted by Gasteiger charge is 2.23. The molecule has 0 aliphatic heterocycles. The van der Waals surface area contributed by atoms with E-state index in [1.807, 2.05) is 0 Å². The first-order valence-electron chi connectivity index (χ1n) is 5.78. The monoisotopic (exact) mass is 303 g/mol. The van der Waals surface area contributed by atoms with Crippen molar-refractivity contribution >= 4 is 23.3 Å². The lowest BCUT2D eigenvalue weighted by molar-refractivity contribution is -0.385. The lowest BCUT2D eigenvalue weighted by atomic mass is 9.99. The Balaban J connectivity index is 3.09. The Bertz CT molecular complexity index is 507. The van der Waals surface area contributed by atoms with Crippen molar-refractivity contribution in [2.45, 2.75) is 25.0 Å². The zero-order chi connectivity index (χ0) is 15.3. The molecule has 0 aromatic heterocycles. The summed E-state index contributed by atoms with van der Waals surface area (Å²) in [6.45, 7) is 0. The Morgan fingerprint density at radius 3 is 2.55 bits per heavy atom. The molecule has 1 rings (SSSR count). The maximum atomic E-state index is 10.9. The van der Waals surface area contributed by atoms with E-state index in [0.29, 0.717) is 0 Å². The second-order valence-corrected chi connectivity index (χ2v) is 4.58. The molecule has 0 saturated heterocycles. The summed E-state index contributed by atoms with van der Waals surface area (Å²) in [4.78, 5) is 20.8. The number of aliphatic hydroxyl groups excluding tert-OH is 2. The minimum atomic E-state index is -1.31. The molecule has 0 spiro atoms. The largest absolute Gasteiger partial charge is 0.481 e. The van der Waals surface area contributed by atoms with Gasteiger partial charge in [-0.2, -0.15) is 0 Å². The number of aliphatic hydroxyl groups is 2. The van der Waals surface area contributed by atoms with Crippen LogP contribution >= 0.6 is 11.6 Å². The molecule has 0 heterocycles. The smallest absolute Gasteiger partial charge is 0.308 e. The van der Waals surface area contributed by atoms with Gasteiger partial charge in [0, 0.05) is 17.5 Å². The van der Waals surface area contributed by atoms with Crippen LogP contribution in [-0.4, -0.2) is 38.2 Å². The Morgan fingerprint density at radius 1 is 1.40 bits per heavy atom.